The number of benzene rings is 3. The predicted octanol–water partition coefficient (Wildman–Crippen LogP) is 4.61. The van der Waals surface area contributed by atoms with Gasteiger partial charge in [0.15, 0.2) is 5.16 Å². The summed E-state index contributed by atoms with van der Waals surface area (Å²) in [6.07, 6.45) is 0. The van der Waals surface area contributed by atoms with Crippen molar-refractivity contribution in [3.63, 3.8) is 0 Å². The van der Waals surface area contributed by atoms with Gasteiger partial charge in [0, 0.05) is 11.9 Å². The lowest BCUT2D eigenvalue weighted by molar-refractivity contribution is -0.118. The highest BCUT2D eigenvalue weighted by atomic mass is 32.2. The minimum atomic E-state index is -0.283. The Morgan fingerprint density at radius 1 is 1.00 bits per heavy atom. The van der Waals surface area contributed by atoms with Crippen molar-refractivity contribution < 1.29 is 13.9 Å². The molecular weight excluding hydrogens is 462 g/mol. The first-order valence-electron chi connectivity index (χ1n) is 11.1. The maximum Gasteiger partial charge on any atom is 0.298 e. The van der Waals surface area contributed by atoms with E-state index in [0.29, 0.717) is 22.8 Å². The Kier molecular flexibility index (Phi) is 6.54. The molecule has 0 bridgehead atoms. The number of furan rings is 1. The van der Waals surface area contributed by atoms with Crippen LogP contribution in [-0.4, -0.2) is 28.3 Å². The largest absolute Gasteiger partial charge is 0.497 e. The standard InChI is InChI=1S/C27H23N3O4S/c1-33-20-13-11-19(12-14-20)16-30-26(32)25-24(21-9-5-6-10-22(21)34-25)29-27(30)35-17-23(31)28-15-18-7-3-2-4-8-18/h2-14H,15-17H2,1H3,(H,28,31). The first kappa shape index (κ1) is 22.7. The van der Waals surface area contributed by atoms with Gasteiger partial charge in [-0.25, -0.2) is 4.98 Å². The van der Waals surface area contributed by atoms with Crippen LogP contribution in [0.3, 0.4) is 0 Å². The number of thioether (sulfide) groups is 1. The van der Waals surface area contributed by atoms with E-state index in [1.807, 2.05) is 78.9 Å². The molecule has 8 heteroatoms. The van der Waals surface area contributed by atoms with E-state index in [9.17, 15) is 9.59 Å². The Balaban J connectivity index is 1.45. The van der Waals surface area contributed by atoms with Crippen LogP contribution in [0.4, 0.5) is 0 Å². The molecule has 0 atom stereocenters. The monoisotopic (exact) mass is 485 g/mol. The lowest BCUT2D eigenvalue weighted by atomic mass is 10.2. The molecule has 0 saturated heterocycles. The maximum absolute atomic E-state index is 13.5. The summed E-state index contributed by atoms with van der Waals surface area (Å²) >= 11 is 1.23. The summed E-state index contributed by atoms with van der Waals surface area (Å²) in [4.78, 5) is 30.8. The van der Waals surface area contributed by atoms with Gasteiger partial charge in [0.05, 0.1) is 19.4 Å². The van der Waals surface area contributed by atoms with Crippen LogP contribution in [0.25, 0.3) is 22.1 Å². The number of carbonyl (C=O) groups excluding carboxylic acids is 1. The average Bonchev–Trinajstić information content (AvgIpc) is 3.28. The molecule has 0 radical (unpaired) electrons. The minimum absolute atomic E-state index is 0.128. The maximum atomic E-state index is 13.5. The molecule has 0 aliphatic rings. The molecule has 1 N–H and O–H groups in total. The van der Waals surface area contributed by atoms with Crippen molar-refractivity contribution in [2.24, 2.45) is 0 Å². The summed E-state index contributed by atoms with van der Waals surface area (Å²) in [6.45, 7) is 0.731. The molecule has 2 heterocycles. The Hall–Kier alpha value is -4.04. The Bertz CT molecular complexity index is 1540. The number of hydrogen-bond donors (Lipinski definition) is 1. The van der Waals surface area contributed by atoms with Gasteiger partial charge < -0.3 is 14.5 Å². The number of methoxy groups -OCH3 is 1. The van der Waals surface area contributed by atoms with Gasteiger partial charge in [-0.15, -0.1) is 0 Å². The lowest BCUT2D eigenvalue weighted by Gasteiger charge is -2.12. The number of aromatic nitrogens is 2. The van der Waals surface area contributed by atoms with Gasteiger partial charge in [-0.2, -0.15) is 0 Å². The Morgan fingerprint density at radius 2 is 1.74 bits per heavy atom. The number of rotatable bonds is 8. The quantitative estimate of drug-likeness (QED) is 0.255. The topological polar surface area (TPSA) is 86.4 Å². The molecule has 5 rings (SSSR count). The normalized spacial score (nSPS) is 11.1. The number of amides is 1. The van der Waals surface area contributed by atoms with E-state index >= 15 is 0 Å². The number of fused-ring (bicyclic) bond motifs is 3. The van der Waals surface area contributed by atoms with Crippen molar-refractivity contribution in [2.45, 2.75) is 18.2 Å². The van der Waals surface area contributed by atoms with E-state index in [1.54, 1.807) is 11.7 Å². The highest BCUT2D eigenvalue weighted by molar-refractivity contribution is 7.99. The molecule has 176 valence electrons. The van der Waals surface area contributed by atoms with Gasteiger partial charge in [-0.1, -0.05) is 66.4 Å². The van der Waals surface area contributed by atoms with E-state index in [-0.39, 0.29) is 29.3 Å². The van der Waals surface area contributed by atoms with Gasteiger partial charge in [0.1, 0.15) is 16.8 Å². The van der Waals surface area contributed by atoms with Crippen molar-refractivity contribution in [2.75, 3.05) is 12.9 Å². The first-order chi connectivity index (χ1) is 17.1. The summed E-state index contributed by atoms with van der Waals surface area (Å²) in [7, 11) is 1.61. The fourth-order valence-corrected chi connectivity index (χ4v) is 4.62. The van der Waals surface area contributed by atoms with Crippen molar-refractivity contribution >= 4 is 39.7 Å². The zero-order valence-electron chi connectivity index (χ0n) is 19.1. The summed E-state index contributed by atoms with van der Waals surface area (Å²) < 4.78 is 12.7. The molecule has 35 heavy (non-hydrogen) atoms. The van der Waals surface area contributed by atoms with E-state index in [4.69, 9.17) is 14.1 Å². The molecule has 0 saturated carbocycles. The van der Waals surface area contributed by atoms with Crippen LogP contribution in [0, 0.1) is 0 Å². The Labute approximate surface area is 205 Å². The van der Waals surface area contributed by atoms with Gasteiger partial charge in [-0.3, -0.25) is 14.2 Å². The van der Waals surface area contributed by atoms with Crippen LogP contribution in [0.2, 0.25) is 0 Å². The van der Waals surface area contributed by atoms with E-state index in [0.717, 1.165) is 22.3 Å². The number of carbonyl (C=O) groups is 1. The summed E-state index contributed by atoms with van der Waals surface area (Å²) in [5.74, 6) is 0.723. The fourth-order valence-electron chi connectivity index (χ4n) is 3.79. The lowest BCUT2D eigenvalue weighted by Crippen LogP contribution is -2.27. The molecule has 0 aliphatic heterocycles. The zero-order valence-corrected chi connectivity index (χ0v) is 19.9. The van der Waals surface area contributed by atoms with E-state index in [2.05, 4.69) is 5.32 Å². The van der Waals surface area contributed by atoms with Crippen molar-refractivity contribution in [3.05, 3.63) is 100 Å². The zero-order chi connectivity index (χ0) is 24.2. The van der Waals surface area contributed by atoms with Crippen LogP contribution in [0.1, 0.15) is 11.1 Å². The second-order valence-corrected chi connectivity index (χ2v) is 8.90. The third kappa shape index (κ3) is 4.93. The van der Waals surface area contributed by atoms with Gasteiger partial charge in [0.2, 0.25) is 11.5 Å². The SMILES string of the molecule is COc1ccc(Cn2c(SCC(=O)NCc3ccccc3)nc3c(oc4ccccc43)c2=O)cc1. The van der Waals surface area contributed by atoms with E-state index < -0.39 is 0 Å². The average molecular weight is 486 g/mol. The summed E-state index contributed by atoms with van der Waals surface area (Å²) in [6, 6.07) is 24.6. The van der Waals surface area contributed by atoms with E-state index in [1.165, 1.54) is 11.8 Å². The number of nitrogens with zero attached hydrogens (tertiary/aromatic N) is 2. The molecule has 1 amide bonds. The highest BCUT2D eigenvalue weighted by Gasteiger charge is 2.19. The summed E-state index contributed by atoms with van der Waals surface area (Å²) in [5, 5.41) is 4.15. The highest BCUT2D eigenvalue weighted by Crippen LogP contribution is 2.27. The van der Waals surface area contributed by atoms with Crippen LogP contribution >= 0.6 is 11.8 Å². The van der Waals surface area contributed by atoms with Crippen LogP contribution in [0.15, 0.2) is 93.2 Å². The third-order valence-corrected chi connectivity index (χ3v) is 6.59. The van der Waals surface area contributed by atoms with Gasteiger partial charge in [0.25, 0.3) is 5.56 Å². The molecular formula is C27H23N3O4S. The fraction of sp³-hybridized carbons (Fsp3) is 0.148. The number of para-hydroxylation sites is 1. The predicted molar refractivity (Wildman–Crippen MR) is 137 cm³/mol. The first-order valence-corrected chi connectivity index (χ1v) is 12.1. The van der Waals surface area contributed by atoms with Gasteiger partial charge in [-0.05, 0) is 35.4 Å². The molecule has 7 nitrogen and oxygen atoms in total. The summed E-state index contributed by atoms with van der Waals surface area (Å²) in [5.41, 5.74) is 2.95. The van der Waals surface area contributed by atoms with Gasteiger partial charge >= 0.3 is 0 Å². The van der Waals surface area contributed by atoms with Crippen LogP contribution in [0.5, 0.6) is 5.75 Å². The van der Waals surface area contributed by atoms with Crippen molar-refractivity contribution in [3.8, 4) is 5.75 Å². The Morgan fingerprint density at radius 3 is 2.51 bits per heavy atom. The second kappa shape index (κ2) is 10.1. The smallest absolute Gasteiger partial charge is 0.298 e. The third-order valence-electron chi connectivity index (χ3n) is 5.61. The number of hydrogen-bond acceptors (Lipinski definition) is 6. The molecule has 3 aromatic carbocycles. The second-order valence-electron chi connectivity index (χ2n) is 7.96. The number of nitrogens with one attached hydrogen (secondary N) is 1. The molecule has 5 aromatic rings. The van der Waals surface area contributed by atoms with Crippen molar-refractivity contribution in [1.29, 1.82) is 0 Å². The van der Waals surface area contributed by atoms with Crippen molar-refractivity contribution in [1.82, 2.24) is 14.9 Å². The molecule has 0 aliphatic carbocycles. The minimum Gasteiger partial charge on any atom is -0.497 e. The molecule has 0 spiro atoms. The number of ether oxygens (including phenoxy) is 1. The van der Waals surface area contributed by atoms with Crippen LogP contribution < -0.4 is 15.6 Å². The molecule has 0 fully saturated rings. The molecule has 0 unspecified atom stereocenters. The molecule has 2 aromatic heterocycles. The van der Waals surface area contributed by atoms with Crippen LogP contribution in [-0.2, 0) is 17.9 Å².